The second-order valence-corrected chi connectivity index (χ2v) is 5.77. The number of hydrogen-bond donors (Lipinski definition) is 0. The molecule has 2 aromatic carbocycles. The van der Waals surface area contributed by atoms with E-state index in [1.807, 2.05) is 0 Å². The minimum Gasteiger partial charge on any atom is -0.0769 e. The highest BCUT2D eigenvalue weighted by molar-refractivity contribution is 5.48. The van der Waals surface area contributed by atoms with Gasteiger partial charge in [0.25, 0.3) is 0 Å². The van der Waals surface area contributed by atoms with Gasteiger partial charge in [-0.2, -0.15) is 0 Å². The summed E-state index contributed by atoms with van der Waals surface area (Å²) in [7, 11) is 0. The zero-order valence-electron chi connectivity index (χ0n) is 11.3. The average molecular weight is 246 g/mol. The molecule has 4 rings (SSSR count). The minimum atomic E-state index is 0.702. The summed E-state index contributed by atoms with van der Waals surface area (Å²) < 4.78 is 0. The van der Waals surface area contributed by atoms with Crippen LogP contribution in [0, 0.1) is 10.4 Å². The number of rotatable bonds is 0. The third-order valence-corrected chi connectivity index (χ3v) is 4.62. The van der Waals surface area contributed by atoms with Crippen LogP contribution in [-0.4, -0.2) is 0 Å². The van der Waals surface area contributed by atoms with Crippen LogP contribution in [0.15, 0.2) is 36.4 Å². The maximum Gasteiger partial charge on any atom is -0.00790 e. The Kier molecular flexibility index (Phi) is 2.38. The van der Waals surface area contributed by atoms with E-state index in [-0.39, 0.29) is 0 Å². The van der Waals surface area contributed by atoms with Gasteiger partial charge in [0.15, 0.2) is 0 Å². The fourth-order valence-corrected chi connectivity index (χ4v) is 3.68. The van der Waals surface area contributed by atoms with Gasteiger partial charge >= 0.3 is 0 Å². The molecule has 19 heavy (non-hydrogen) atoms. The summed E-state index contributed by atoms with van der Waals surface area (Å²) >= 11 is 0. The van der Waals surface area contributed by atoms with Gasteiger partial charge in [0.05, 0.1) is 0 Å². The summed E-state index contributed by atoms with van der Waals surface area (Å²) in [5.41, 5.74) is 3.18. The van der Waals surface area contributed by atoms with Gasteiger partial charge < -0.3 is 0 Å². The van der Waals surface area contributed by atoms with E-state index in [4.69, 9.17) is 0 Å². The highest BCUT2D eigenvalue weighted by atomic mass is 14.2. The quantitative estimate of drug-likeness (QED) is 0.670. The van der Waals surface area contributed by atoms with E-state index in [0.29, 0.717) is 5.92 Å². The standard InChI is InChI=1S/C19H18/c1-13-5-4-7-15-10-11-17-16-8-3-2-6-14(16)9-12-18(17)19(13)15/h2-3,6-11,13H,4-5,12H2,1H3. The lowest BCUT2D eigenvalue weighted by atomic mass is 9.83. The third kappa shape index (κ3) is 1.59. The third-order valence-electron chi connectivity index (χ3n) is 4.62. The Labute approximate surface area is 113 Å². The van der Waals surface area contributed by atoms with Crippen LogP contribution < -0.4 is 10.4 Å². The molecule has 0 saturated carbocycles. The summed E-state index contributed by atoms with van der Waals surface area (Å²) in [6.45, 7) is 2.38. The molecule has 0 N–H and O–H groups in total. The molecule has 1 unspecified atom stereocenters. The van der Waals surface area contributed by atoms with Gasteiger partial charge in [-0.15, -0.1) is 0 Å². The molecule has 2 aromatic rings. The first-order chi connectivity index (χ1) is 9.34. The van der Waals surface area contributed by atoms with Crippen molar-refractivity contribution >= 4 is 12.2 Å². The maximum atomic E-state index is 2.41. The van der Waals surface area contributed by atoms with E-state index in [1.165, 1.54) is 33.7 Å². The van der Waals surface area contributed by atoms with E-state index in [2.05, 4.69) is 55.5 Å². The Hall–Kier alpha value is -1.82. The molecule has 0 nitrogen and oxygen atoms in total. The van der Waals surface area contributed by atoms with E-state index in [9.17, 15) is 0 Å². The average Bonchev–Trinajstić information content (AvgIpc) is 2.46. The van der Waals surface area contributed by atoms with Crippen molar-refractivity contribution in [3.8, 4) is 0 Å². The molecule has 0 bridgehead atoms. The molecule has 0 heteroatoms. The van der Waals surface area contributed by atoms with Crippen molar-refractivity contribution in [2.75, 3.05) is 0 Å². The second-order valence-electron chi connectivity index (χ2n) is 5.77. The van der Waals surface area contributed by atoms with Crippen molar-refractivity contribution in [3.05, 3.63) is 68.4 Å². The van der Waals surface area contributed by atoms with Crippen LogP contribution >= 0.6 is 0 Å². The summed E-state index contributed by atoms with van der Waals surface area (Å²) in [6.07, 6.45) is 8.42. The lowest BCUT2D eigenvalue weighted by Gasteiger charge is -2.22. The van der Waals surface area contributed by atoms with Gasteiger partial charge in [0, 0.05) is 0 Å². The van der Waals surface area contributed by atoms with Crippen LogP contribution in [0.3, 0.4) is 0 Å². The van der Waals surface area contributed by atoms with Crippen molar-refractivity contribution in [3.63, 3.8) is 0 Å². The Morgan fingerprint density at radius 3 is 2.74 bits per heavy atom. The first-order valence-electron chi connectivity index (χ1n) is 7.26. The molecule has 0 heterocycles. The maximum absolute atomic E-state index is 2.41. The molecule has 0 saturated heterocycles. The van der Waals surface area contributed by atoms with Gasteiger partial charge in [-0.3, -0.25) is 0 Å². The topological polar surface area (TPSA) is 0 Å². The molecule has 0 aliphatic heterocycles. The molecular formula is C19H18. The van der Waals surface area contributed by atoms with E-state index in [0.717, 1.165) is 6.42 Å². The molecule has 2 aliphatic rings. The van der Waals surface area contributed by atoms with Crippen molar-refractivity contribution < 1.29 is 0 Å². The summed E-state index contributed by atoms with van der Waals surface area (Å²) in [5.74, 6) is 0.702. The monoisotopic (exact) mass is 246 g/mol. The highest BCUT2D eigenvalue weighted by Gasteiger charge is 2.16. The van der Waals surface area contributed by atoms with Crippen LogP contribution in [-0.2, 0) is 6.42 Å². The minimum absolute atomic E-state index is 0.702. The SMILES string of the molecule is CC1CCC=c2ccc3c(c21)CC=c1ccccc1=3. The van der Waals surface area contributed by atoms with Crippen LogP contribution in [0.1, 0.15) is 36.8 Å². The fraction of sp³-hybridized carbons (Fsp3) is 0.263. The van der Waals surface area contributed by atoms with Gasteiger partial charge in [-0.25, -0.2) is 0 Å². The zero-order chi connectivity index (χ0) is 12.8. The summed E-state index contributed by atoms with van der Waals surface area (Å²) in [4.78, 5) is 0. The Morgan fingerprint density at radius 2 is 1.79 bits per heavy atom. The van der Waals surface area contributed by atoms with Crippen LogP contribution in [0.5, 0.6) is 0 Å². The van der Waals surface area contributed by atoms with Crippen molar-refractivity contribution in [2.45, 2.75) is 32.1 Å². The van der Waals surface area contributed by atoms with Crippen LogP contribution in [0.4, 0.5) is 0 Å². The fourth-order valence-electron chi connectivity index (χ4n) is 3.68. The predicted molar refractivity (Wildman–Crippen MR) is 80.1 cm³/mol. The Balaban J connectivity index is 2.24. The van der Waals surface area contributed by atoms with Crippen LogP contribution in [0.2, 0.25) is 0 Å². The first-order valence-corrected chi connectivity index (χ1v) is 7.26. The van der Waals surface area contributed by atoms with Crippen LogP contribution in [0.25, 0.3) is 12.2 Å². The molecule has 1 atom stereocenters. The molecule has 94 valence electrons. The lowest BCUT2D eigenvalue weighted by molar-refractivity contribution is 0.675. The molecule has 0 aromatic heterocycles. The van der Waals surface area contributed by atoms with Crippen molar-refractivity contribution in [2.24, 2.45) is 0 Å². The van der Waals surface area contributed by atoms with E-state index < -0.39 is 0 Å². The molecule has 0 spiro atoms. The van der Waals surface area contributed by atoms with Gasteiger partial charge in [-0.1, -0.05) is 55.5 Å². The summed E-state index contributed by atoms with van der Waals surface area (Å²) in [6, 6.07) is 13.4. The summed E-state index contributed by atoms with van der Waals surface area (Å²) in [5, 5.41) is 5.73. The second kappa shape index (κ2) is 4.09. The van der Waals surface area contributed by atoms with E-state index in [1.54, 1.807) is 11.1 Å². The normalized spacial score (nSPS) is 19.5. The first kappa shape index (κ1) is 11.0. The molecule has 0 amide bonds. The van der Waals surface area contributed by atoms with Gasteiger partial charge in [0.2, 0.25) is 0 Å². The highest BCUT2D eigenvalue weighted by Crippen LogP contribution is 2.26. The number of benzene rings is 2. The Morgan fingerprint density at radius 1 is 0.895 bits per heavy atom. The van der Waals surface area contributed by atoms with E-state index >= 15 is 0 Å². The molecule has 0 fully saturated rings. The van der Waals surface area contributed by atoms with Gasteiger partial charge in [0.1, 0.15) is 0 Å². The number of hydrogen-bond acceptors (Lipinski definition) is 0. The Bertz CT molecular complexity index is 856. The van der Waals surface area contributed by atoms with Crippen molar-refractivity contribution in [1.29, 1.82) is 0 Å². The molecule has 0 radical (unpaired) electrons. The van der Waals surface area contributed by atoms with Gasteiger partial charge in [-0.05, 0) is 57.2 Å². The molecule has 2 aliphatic carbocycles. The van der Waals surface area contributed by atoms with Crippen molar-refractivity contribution in [1.82, 2.24) is 0 Å². The number of fused-ring (bicyclic) bond motifs is 4. The smallest absolute Gasteiger partial charge is 0.00790 e. The predicted octanol–water partition coefficient (Wildman–Crippen LogP) is 2.99. The lowest BCUT2D eigenvalue weighted by Crippen LogP contribution is -2.21. The largest absolute Gasteiger partial charge is 0.0769 e. The molecular weight excluding hydrogens is 228 g/mol. The zero-order valence-corrected chi connectivity index (χ0v) is 11.3.